The van der Waals surface area contributed by atoms with E-state index < -0.39 is 0 Å². The van der Waals surface area contributed by atoms with Crippen molar-refractivity contribution in [2.45, 2.75) is 46.2 Å². The Morgan fingerprint density at radius 1 is 1.23 bits per heavy atom. The summed E-state index contributed by atoms with van der Waals surface area (Å²) >= 11 is 0. The van der Waals surface area contributed by atoms with Crippen molar-refractivity contribution in [2.24, 2.45) is 0 Å². The molecule has 8 nitrogen and oxygen atoms in total. The fourth-order valence-electron chi connectivity index (χ4n) is 4.00. The lowest BCUT2D eigenvalue weighted by molar-refractivity contribution is -0.125. The number of rotatable bonds is 10. The van der Waals surface area contributed by atoms with Crippen LogP contribution in [0.4, 0.5) is 5.82 Å². The summed E-state index contributed by atoms with van der Waals surface area (Å²) in [4.78, 5) is 26.1. The van der Waals surface area contributed by atoms with Crippen LogP contribution in [-0.4, -0.2) is 77.5 Å². The van der Waals surface area contributed by atoms with E-state index in [0.717, 1.165) is 56.8 Å². The quantitative estimate of drug-likeness (QED) is 0.409. The summed E-state index contributed by atoms with van der Waals surface area (Å²) in [6.07, 6.45) is 3.15. The smallest absolute Gasteiger partial charge is 0.318 e. The van der Waals surface area contributed by atoms with Gasteiger partial charge in [-0.1, -0.05) is 36.9 Å². The largest absolute Gasteiger partial charge is 0.463 e. The number of benzene rings is 1. The Morgan fingerprint density at radius 2 is 1.91 bits per heavy atom. The lowest BCUT2D eigenvalue weighted by Gasteiger charge is -2.33. The molecule has 35 heavy (non-hydrogen) atoms. The predicted octanol–water partition coefficient (Wildman–Crippen LogP) is 3.55. The fourth-order valence-corrected chi connectivity index (χ4v) is 4.00. The lowest BCUT2D eigenvalue weighted by atomic mass is 10.0. The first-order valence-electron chi connectivity index (χ1n) is 12.4. The highest BCUT2D eigenvalue weighted by Crippen LogP contribution is 2.29. The zero-order chi connectivity index (χ0) is 25.8. The van der Waals surface area contributed by atoms with Crippen LogP contribution in [0.1, 0.15) is 50.1 Å². The molecule has 1 aliphatic heterocycles. The maximum Gasteiger partial charge on any atom is 0.318 e. The summed E-state index contributed by atoms with van der Waals surface area (Å²) in [7, 11) is 4.10. The van der Waals surface area contributed by atoms with Crippen molar-refractivity contribution < 1.29 is 9.53 Å². The van der Waals surface area contributed by atoms with E-state index in [1.54, 1.807) is 4.90 Å². The van der Waals surface area contributed by atoms with Gasteiger partial charge in [0.25, 0.3) is 0 Å². The molecule has 0 saturated heterocycles. The number of fused-ring (bicyclic) bond motifs is 1. The molecule has 0 aliphatic carbocycles. The highest BCUT2D eigenvalue weighted by molar-refractivity contribution is 5.86. The van der Waals surface area contributed by atoms with E-state index in [9.17, 15) is 4.79 Å². The number of nitrogens with zero attached hydrogens (tertiary/aromatic N) is 5. The second kappa shape index (κ2) is 14.4. The maximum atomic E-state index is 10.8. The topological polar surface area (TPSA) is 87.8 Å². The van der Waals surface area contributed by atoms with Crippen LogP contribution < -0.4 is 10.5 Å². The van der Waals surface area contributed by atoms with E-state index in [-0.39, 0.29) is 5.91 Å². The Balaban J connectivity index is 0.000000410. The molecule has 1 amide bonds. The van der Waals surface area contributed by atoms with Crippen LogP contribution in [0.5, 0.6) is 6.01 Å². The average molecular weight is 483 g/mol. The monoisotopic (exact) mass is 482 g/mol. The molecular formula is C27H42N6O2. The molecular weight excluding hydrogens is 440 g/mol. The second-order valence-electron chi connectivity index (χ2n) is 8.84. The van der Waals surface area contributed by atoms with Gasteiger partial charge in [0.15, 0.2) is 0 Å². The predicted molar refractivity (Wildman–Crippen MR) is 142 cm³/mol. The van der Waals surface area contributed by atoms with Gasteiger partial charge < -0.3 is 20.3 Å². The molecule has 3 rings (SSSR count). The van der Waals surface area contributed by atoms with E-state index in [1.165, 1.54) is 11.6 Å². The third-order valence-corrected chi connectivity index (χ3v) is 6.17. The molecule has 1 atom stereocenters. The van der Waals surface area contributed by atoms with Crippen LogP contribution in [0.2, 0.25) is 0 Å². The molecule has 0 radical (unpaired) electrons. The number of ether oxygens (including phenoxy) is 1. The first-order chi connectivity index (χ1) is 16.8. The third kappa shape index (κ3) is 8.64. The first kappa shape index (κ1) is 28.3. The van der Waals surface area contributed by atoms with Crippen LogP contribution in [-0.2, 0) is 17.8 Å². The number of carbonyl (C=O) groups is 1. The van der Waals surface area contributed by atoms with E-state index in [0.29, 0.717) is 24.5 Å². The summed E-state index contributed by atoms with van der Waals surface area (Å²) in [6.45, 7) is 14.4. The van der Waals surface area contributed by atoms with Gasteiger partial charge >= 0.3 is 6.01 Å². The Labute approximate surface area is 210 Å². The van der Waals surface area contributed by atoms with Crippen molar-refractivity contribution >= 4 is 11.7 Å². The summed E-state index contributed by atoms with van der Waals surface area (Å²) < 4.78 is 5.74. The molecule has 0 fully saturated rings. The Hall–Kier alpha value is -2.97. The van der Waals surface area contributed by atoms with Gasteiger partial charge in [0.1, 0.15) is 5.82 Å². The molecule has 1 unspecified atom stereocenters. The molecule has 1 aliphatic rings. The SMILES string of the molecule is C=CC(=O)N(CC)CC.CC(c1ccccc1)N1CCc2c(N)nc(OCCCN(C)C)nc2C1. The van der Waals surface area contributed by atoms with Gasteiger partial charge in [0, 0.05) is 44.3 Å². The Kier molecular flexibility index (Phi) is 11.7. The standard InChI is InChI=1S/C20H29N5O.C7H13NO/c1-15(16-8-5-4-6-9-16)25-12-10-17-18(14-25)22-20(23-19(17)21)26-13-7-11-24(2)3;1-4-7(9)8(5-2)6-3/h4-6,8-9,15H,7,10-14H2,1-3H3,(H2,21,22,23);4H,1,5-6H2,2-3H3. The van der Waals surface area contributed by atoms with Crippen LogP contribution in [0.3, 0.4) is 0 Å². The summed E-state index contributed by atoms with van der Waals surface area (Å²) in [6, 6.07) is 11.3. The molecule has 192 valence electrons. The minimum Gasteiger partial charge on any atom is -0.463 e. The van der Waals surface area contributed by atoms with Gasteiger partial charge in [-0.3, -0.25) is 9.69 Å². The number of hydrogen-bond donors (Lipinski definition) is 1. The number of amides is 1. The average Bonchev–Trinajstić information content (AvgIpc) is 2.87. The third-order valence-electron chi connectivity index (χ3n) is 6.17. The lowest BCUT2D eigenvalue weighted by Crippen LogP contribution is -2.34. The molecule has 0 spiro atoms. The van der Waals surface area contributed by atoms with Crippen LogP contribution in [0.25, 0.3) is 0 Å². The highest BCUT2D eigenvalue weighted by Gasteiger charge is 2.25. The van der Waals surface area contributed by atoms with Gasteiger partial charge in [-0.2, -0.15) is 9.97 Å². The zero-order valence-corrected chi connectivity index (χ0v) is 22.0. The van der Waals surface area contributed by atoms with Gasteiger partial charge in [0.2, 0.25) is 5.91 Å². The number of anilines is 1. The minimum atomic E-state index is 0.0139. The molecule has 1 aromatic heterocycles. The van der Waals surface area contributed by atoms with E-state index in [2.05, 4.69) is 77.7 Å². The molecule has 2 aromatic rings. The summed E-state index contributed by atoms with van der Waals surface area (Å²) in [5, 5.41) is 0. The normalized spacial score (nSPS) is 13.9. The molecule has 0 bridgehead atoms. The minimum absolute atomic E-state index is 0.0139. The highest BCUT2D eigenvalue weighted by atomic mass is 16.5. The van der Waals surface area contributed by atoms with Gasteiger partial charge in [-0.15, -0.1) is 0 Å². The maximum absolute atomic E-state index is 10.8. The van der Waals surface area contributed by atoms with Crippen LogP contribution >= 0.6 is 0 Å². The molecule has 2 heterocycles. The summed E-state index contributed by atoms with van der Waals surface area (Å²) in [5.41, 5.74) is 9.55. The Bertz CT molecular complexity index is 931. The van der Waals surface area contributed by atoms with Crippen LogP contribution in [0.15, 0.2) is 43.0 Å². The number of nitrogen functional groups attached to an aromatic ring is 1. The fraction of sp³-hybridized carbons (Fsp3) is 0.519. The molecule has 1 aromatic carbocycles. The molecule has 8 heteroatoms. The summed E-state index contributed by atoms with van der Waals surface area (Å²) in [5.74, 6) is 0.574. The van der Waals surface area contributed by atoms with Gasteiger partial charge in [-0.05, 0) is 59.3 Å². The van der Waals surface area contributed by atoms with Gasteiger partial charge in [-0.25, -0.2) is 0 Å². The van der Waals surface area contributed by atoms with E-state index in [1.807, 2.05) is 13.8 Å². The van der Waals surface area contributed by atoms with Crippen molar-refractivity contribution in [1.29, 1.82) is 0 Å². The van der Waals surface area contributed by atoms with Crippen molar-refractivity contribution in [3.63, 3.8) is 0 Å². The number of carbonyl (C=O) groups excluding carboxylic acids is 1. The number of nitrogens with two attached hydrogens (primary N) is 1. The first-order valence-corrected chi connectivity index (χ1v) is 12.4. The van der Waals surface area contributed by atoms with Crippen molar-refractivity contribution in [3.05, 3.63) is 59.8 Å². The Morgan fingerprint density at radius 3 is 2.49 bits per heavy atom. The van der Waals surface area contributed by atoms with Crippen LogP contribution in [0, 0.1) is 0 Å². The zero-order valence-electron chi connectivity index (χ0n) is 22.0. The molecule has 2 N–H and O–H groups in total. The van der Waals surface area contributed by atoms with Gasteiger partial charge in [0.05, 0.1) is 12.3 Å². The van der Waals surface area contributed by atoms with Crippen molar-refractivity contribution in [3.8, 4) is 6.01 Å². The molecule has 0 saturated carbocycles. The van der Waals surface area contributed by atoms with Crippen molar-refractivity contribution in [1.82, 2.24) is 24.7 Å². The van der Waals surface area contributed by atoms with E-state index >= 15 is 0 Å². The number of likely N-dealkylation sites (N-methyl/N-ethyl adjacent to an activating group) is 1. The second-order valence-corrected chi connectivity index (χ2v) is 8.84. The van der Waals surface area contributed by atoms with Crippen molar-refractivity contribution in [2.75, 3.05) is 52.6 Å². The van der Waals surface area contributed by atoms with E-state index in [4.69, 9.17) is 10.5 Å². The number of hydrogen-bond acceptors (Lipinski definition) is 7. The number of aromatic nitrogens is 2.